The molecule has 0 fully saturated rings. The van der Waals surface area contributed by atoms with E-state index in [0.717, 1.165) is 10.4 Å². The molecule has 0 N–H and O–H groups in total. The van der Waals surface area contributed by atoms with Gasteiger partial charge >= 0.3 is 0 Å². The van der Waals surface area contributed by atoms with Crippen LogP contribution in [0.4, 0.5) is 11.4 Å². The van der Waals surface area contributed by atoms with Crippen LogP contribution in [0, 0.1) is 17.0 Å². The van der Waals surface area contributed by atoms with Crippen LogP contribution in [0.3, 0.4) is 0 Å². The molecule has 0 aromatic heterocycles. The van der Waals surface area contributed by atoms with E-state index in [4.69, 9.17) is 9.47 Å². The van der Waals surface area contributed by atoms with Crippen molar-refractivity contribution in [3.63, 3.8) is 0 Å². The second-order valence-corrected chi connectivity index (χ2v) is 7.18. The van der Waals surface area contributed by atoms with E-state index >= 15 is 0 Å². The molecule has 0 saturated heterocycles. The Balaban J connectivity index is 2.57. The Bertz CT molecular complexity index is 911. The molecule has 0 saturated carbocycles. The number of nitro groups is 1. The maximum absolute atomic E-state index is 12.9. The number of benzene rings is 2. The van der Waals surface area contributed by atoms with Gasteiger partial charge in [0.1, 0.15) is 11.5 Å². The molecule has 0 heterocycles. The van der Waals surface area contributed by atoms with Crippen LogP contribution >= 0.6 is 0 Å². The molecule has 2 aromatic carbocycles. The molecule has 0 radical (unpaired) electrons. The van der Waals surface area contributed by atoms with E-state index in [-0.39, 0.29) is 16.3 Å². The molecular weight excluding hydrogens is 348 g/mol. The Morgan fingerprint density at radius 2 is 1.76 bits per heavy atom. The molecule has 0 aliphatic rings. The summed E-state index contributed by atoms with van der Waals surface area (Å²) in [6, 6.07) is 8.52. The fourth-order valence-corrected chi connectivity index (χ4v) is 3.50. The van der Waals surface area contributed by atoms with E-state index in [2.05, 4.69) is 0 Å². The molecule has 0 amide bonds. The average molecular weight is 366 g/mol. The van der Waals surface area contributed by atoms with Crippen molar-refractivity contribution in [1.29, 1.82) is 0 Å². The van der Waals surface area contributed by atoms with Gasteiger partial charge in [0.15, 0.2) is 0 Å². The van der Waals surface area contributed by atoms with Gasteiger partial charge in [0.2, 0.25) is 0 Å². The third kappa shape index (κ3) is 3.50. The number of nitrogens with zero attached hydrogens (tertiary/aromatic N) is 2. The third-order valence-corrected chi connectivity index (χ3v) is 5.53. The lowest BCUT2D eigenvalue weighted by Crippen LogP contribution is -2.27. The highest BCUT2D eigenvalue weighted by atomic mass is 32.2. The van der Waals surface area contributed by atoms with Crippen molar-refractivity contribution in [3.05, 3.63) is 52.1 Å². The van der Waals surface area contributed by atoms with E-state index in [1.807, 2.05) is 0 Å². The first-order chi connectivity index (χ1) is 11.7. The van der Waals surface area contributed by atoms with Crippen LogP contribution in [0.2, 0.25) is 0 Å². The lowest BCUT2D eigenvalue weighted by atomic mass is 10.2. The van der Waals surface area contributed by atoms with Crippen molar-refractivity contribution in [2.24, 2.45) is 0 Å². The molecule has 25 heavy (non-hydrogen) atoms. The number of anilines is 1. The SMILES string of the molecule is COc1ccc(OC)c(N(C)S(=O)(=O)c2ccc(C)c([N+](=O)[O-])c2)c1. The van der Waals surface area contributed by atoms with E-state index in [9.17, 15) is 18.5 Å². The molecule has 8 nitrogen and oxygen atoms in total. The number of ether oxygens (including phenoxy) is 2. The molecule has 2 rings (SSSR count). The van der Waals surface area contributed by atoms with Crippen LogP contribution in [0.15, 0.2) is 41.3 Å². The van der Waals surface area contributed by atoms with Gasteiger partial charge in [-0.05, 0) is 25.1 Å². The van der Waals surface area contributed by atoms with Gasteiger partial charge in [0.05, 0.1) is 29.7 Å². The summed E-state index contributed by atoms with van der Waals surface area (Å²) in [5, 5.41) is 11.1. The highest BCUT2D eigenvalue weighted by Gasteiger charge is 2.26. The lowest BCUT2D eigenvalue weighted by molar-refractivity contribution is -0.385. The predicted molar refractivity (Wildman–Crippen MR) is 93.0 cm³/mol. The van der Waals surface area contributed by atoms with Gasteiger partial charge in [-0.3, -0.25) is 14.4 Å². The zero-order valence-corrected chi connectivity index (χ0v) is 15.0. The summed E-state index contributed by atoms with van der Waals surface area (Å²) in [5.41, 5.74) is 0.378. The quantitative estimate of drug-likeness (QED) is 0.576. The molecule has 0 atom stereocenters. The summed E-state index contributed by atoms with van der Waals surface area (Å²) in [6.07, 6.45) is 0. The summed E-state index contributed by atoms with van der Waals surface area (Å²) in [4.78, 5) is 10.3. The van der Waals surface area contributed by atoms with Crippen LogP contribution in [0.25, 0.3) is 0 Å². The van der Waals surface area contributed by atoms with Crippen molar-refractivity contribution in [2.45, 2.75) is 11.8 Å². The maximum atomic E-state index is 12.9. The number of sulfonamides is 1. The van der Waals surface area contributed by atoms with Crippen LogP contribution in [-0.2, 0) is 10.0 Å². The number of aryl methyl sites for hydroxylation is 1. The third-order valence-electron chi connectivity index (χ3n) is 3.76. The first-order valence-corrected chi connectivity index (χ1v) is 8.62. The average Bonchev–Trinajstić information content (AvgIpc) is 2.60. The van der Waals surface area contributed by atoms with Gasteiger partial charge in [-0.15, -0.1) is 0 Å². The fourth-order valence-electron chi connectivity index (χ4n) is 2.28. The summed E-state index contributed by atoms with van der Waals surface area (Å²) in [6.45, 7) is 1.54. The molecule has 0 spiro atoms. The fraction of sp³-hybridized carbons (Fsp3) is 0.250. The minimum atomic E-state index is -4.03. The molecular formula is C16H18N2O6S. The van der Waals surface area contributed by atoms with Crippen molar-refractivity contribution in [2.75, 3.05) is 25.6 Å². The maximum Gasteiger partial charge on any atom is 0.273 e. The summed E-state index contributed by atoms with van der Waals surface area (Å²) >= 11 is 0. The Morgan fingerprint density at radius 3 is 2.32 bits per heavy atom. The Kier molecular flexibility index (Phi) is 5.17. The summed E-state index contributed by atoms with van der Waals surface area (Å²) < 4.78 is 37.1. The van der Waals surface area contributed by atoms with E-state index in [0.29, 0.717) is 17.1 Å². The number of hydrogen-bond acceptors (Lipinski definition) is 6. The largest absolute Gasteiger partial charge is 0.497 e. The van der Waals surface area contributed by atoms with Crippen LogP contribution in [0.5, 0.6) is 11.5 Å². The van der Waals surface area contributed by atoms with Gasteiger partial charge in [0.25, 0.3) is 15.7 Å². The highest BCUT2D eigenvalue weighted by molar-refractivity contribution is 7.92. The molecule has 0 bridgehead atoms. The normalized spacial score (nSPS) is 11.0. The molecule has 2 aromatic rings. The van der Waals surface area contributed by atoms with Crippen molar-refractivity contribution in [3.8, 4) is 11.5 Å². The number of hydrogen-bond donors (Lipinski definition) is 0. The van der Waals surface area contributed by atoms with Gasteiger partial charge in [-0.25, -0.2) is 8.42 Å². The minimum absolute atomic E-state index is 0.183. The predicted octanol–water partition coefficient (Wildman–Crippen LogP) is 2.75. The number of methoxy groups -OCH3 is 2. The van der Waals surface area contributed by atoms with E-state index in [1.54, 1.807) is 19.1 Å². The first kappa shape index (κ1) is 18.5. The van der Waals surface area contributed by atoms with Crippen LogP contribution in [-0.4, -0.2) is 34.6 Å². The van der Waals surface area contributed by atoms with Gasteiger partial charge in [0, 0.05) is 24.7 Å². The smallest absolute Gasteiger partial charge is 0.273 e. The standard InChI is InChI=1S/C16H18N2O6S/c1-11-5-7-13(10-14(11)18(19)20)25(21,22)17(2)15-9-12(23-3)6-8-16(15)24-4/h5-10H,1-4H3. The van der Waals surface area contributed by atoms with Gasteiger partial charge < -0.3 is 9.47 Å². The summed E-state index contributed by atoms with van der Waals surface area (Å²) in [7, 11) is 0.197. The minimum Gasteiger partial charge on any atom is -0.497 e. The molecule has 134 valence electrons. The number of rotatable bonds is 6. The monoisotopic (exact) mass is 366 g/mol. The zero-order valence-electron chi connectivity index (χ0n) is 14.2. The molecule has 0 unspecified atom stereocenters. The van der Waals surface area contributed by atoms with Gasteiger partial charge in [-0.2, -0.15) is 0 Å². The zero-order chi connectivity index (χ0) is 18.8. The summed E-state index contributed by atoms with van der Waals surface area (Å²) in [5.74, 6) is 0.779. The molecule has 9 heteroatoms. The van der Waals surface area contributed by atoms with Crippen LogP contribution < -0.4 is 13.8 Å². The topological polar surface area (TPSA) is 99.0 Å². The lowest BCUT2D eigenvalue weighted by Gasteiger charge is -2.22. The second-order valence-electron chi connectivity index (χ2n) is 5.22. The van der Waals surface area contributed by atoms with Crippen molar-refractivity contribution >= 4 is 21.4 Å². The Labute approximate surface area is 145 Å². The van der Waals surface area contributed by atoms with E-state index in [1.165, 1.54) is 39.5 Å². The highest BCUT2D eigenvalue weighted by Crippen LogP contribution is 2.35. The second kappa shape index (κ2) is 6.98. The van der Waals surface area contributed by atoms with Crippen molar-refractivity contribution in [1.82, 2.24) is 0 Å². The van der Waals surface area contributed by atoms with Crippen LogP contribution in [0.1, 0.15) is 5.56 Å². The van der Waals surface area contributed by atoms with Crippen molar-refractivity contribution < 1.29 is 22.8 Å². The Morgan fingerprint density at radius 1 is 1.08 bits per heavy atom. The molecule has 0 aliphatic heterocycles. The Hall–Kier alpha value is -2.81. The van der Waals surface area contributed by atoms with E-state index < -0.39 is 14.9 Å². The first-order valence-electron chi connectivity index (χ1n) is 7.18. The number of nitro benzene ring substituents is 1. The molecule has 0 aliphatic carbocycles. The van der Waals surface area contributed by atoms with Gasteiger partial charge in [-0.1, -0.05) is 6.07 Å².